The SMILES string of the molecule is CC(C)(C)OC(=O)c1cc(C2CC2)cnc1Cc1cccc2[nH]ccc12.CC(C)(C)OC(=O)c1cc(C2CC2)cnc1Cc1cccc2c1ccn2CC1CCOC1. The number of carbonyl (C=O) groups is 2. The van der Waals surface area contributed by atoms with Gasteiger partial charge >= 0.3 is 11.9 Å². The molecule has 1 atom stereocenters. The van der Waals surface area contributed by atoms with E-state index in [0.717, 1.165) is 65.2 Å². The first kappa shape index (κ1) is 39.5. The Morgan fingerprint density at radius 2 is 1.31 bits per heavy atom. The maximum absolute atomic E-state index is 13.0. The van der Waals surface area contributed by atoms with E-state index in [1.807, 2.05) is 78.3 Å². The van der Waals surface area contributed by atoms with Gasteiger partial charge < -0.3 is 23.8 Å². The van der Waals surface area contributed by atoms with E-state index < -0.39 is 11.2 Å². The Morgan fingerprint density at radius 3 is 1.84 bits per heavy atom. The zero-order valence-corrected chi connectivity index (χ0v) is 34.8. The number of hydrogen-bond donors (Lipinski definition) is 1. The highest BCUT2D eigenvalue weighted by molar-refractivity contribution is 5.93. The molecule has 302 valence electrons. The number of benzene rings is 2. The molecular weight excluding hydrogens is 725 g/mol. The van der Waals surface area contributed by atoms with E-state index in [1.54, 1.807) is 0 Å². The molecule has 58 heavy (non-hydrogen) atoms. The lowest BCUT2D eigenvalue weighted by Gasteiger charge is -2.21. The average Bonchev–Trinajstić information content (AvgIpc) is 4.06. The summed E-state index contributed by atoms with van der Waals surface area (Å²) in [5.41, 5.74) is 8.65. The second-order valence-electron chi connectivity index (χ2n) is 18.3. The van der Waals surface area contributed by atoms with Gasteiger partial charge in [-0.15, -0.1) is 0 Å². The Morgan fingerprint density at radius 1 is 0.741 bits per heavy atom. The van der Waals surface area contributed by atoms with Gasteiger partial charge in [0.25, 0.3) is 0 Å². The largest absolute Gasteiger partial charge is 0.456 e. The quantitative estimate of drug-likeness (QED) is 0.138. The minimum Gasteiger partial charge on any atom is -0.456 e. The molecule has 6 aromatic rings. The summed E-state index contributed by atoms with van der Waals surface area (Å²) in [5.74, 6) is 1.09. The van der Waals surface area contributed by atoms with Gasteiger partial charge in [0.05, 0.1) is 29.1 Å². The molecule has 9 rings (SSSR count). The van der Waals surface area contributed by atoms with Gasteiger partial charge in [-0.1, -0.05) is 24.3 Å². The molecule has 3 fully saturated rings. The summed E-state index contributed by atoms with van der Waals surface area (Å²) in [6.45, 7) is 14.1. The van der Waals surface area contributed by atoms with Crippen LogP contribution < -0.4 is 0 Å². The fraction of sp³-hybridized carbons (Fsp3) is 0.429. The van der Waals surface area contributed by atoms with Crippen LogP contribution in [0.5, 0.6) is 0 Å². The van der Waals surface area contributed by atoms with Crippen molar-refractivity contribution in [2.24, 2.45) is 5.92 Å². The number of rotatable bonds is 10. The highest BCUT2D eigenvalue weighted by atomic mass is 16.6. The Balaban J connectivity index is 0.000000165. The van der Waals surface area contributed by atoms with E-state index in [0.29, 0.717) is 41.7 Å². The number of aromatic nitrogens is 4. The van der Waals surface area contributed by atoms with E-state index in [9.17, 15) is 9.59 Å². The highest BCUT2D eigenvalue weighted by Crippen LogP contribution is 2.41. The first-order chi connectivity index (χ1) is 27.8. The summed E-state index contributed by atoms with van der Waals surface area (Å²) < 4.78 is 19.3. The van der Waals surface area contributed by atoms with Crippen LogP contribution in [0.4, 0.5) is 0 Å². The Kier molecular flexibility index (Phi) is 11.0. The summed E-state index contributed by atoms with van der Waals surface area (Å²) in [6, 6.07) is 20.8. The minimum absolute atomic E-state index is 0.284. The zero-order chi connectivity index (χ0) is 40.6. The minimum atomic E-state index is -0.537. The van der Waals surface area contributed by atoms with Gasteiger partial charge in [0.2, 0.25) is 0 Å². The second kappa shape index (κ2) is 16.2. The summed E-state index contributed by atoms with van der Waals surface area (Å²) in [7, 11) is 0. The van der Waals surface area contributed by atoms with Gasteiger partial charge in [-0.2, -0.15) is 0 Å². The molecule has 1 aliphatic heterocycles. The molecule has 9 heteroatoms. The third kappa shape index (κ3) is 9.53. The molecule has 9 nitrogen and oxygen atoms in total. The number of pyridine rings is 2. The maximum atomic E-state index is 13.0. The summed E-state index contributed by atoms with van der Waals surface area (Å²) in [6.07, 6.45) is 15.0. The van der Waals surface area contributed by atoms with Crippen molar-refractivity contribution in [2.45, 2.75) is 116 Å². The van der Waals surface area contributed by atoms with E-state index in [2.05, 4.69) is 63.2 Å². The van der Waals surface area contributed by atoms with Gasteiger partial charge in [-0.25, -0.2) is 9.59 Å². The van der Waals surface area contributed by atoms with E-state index in [4.69, 9.17) is 19.2 Å². The van der Waals surface area contributed by atoms with Crippen molar-refractivity contribution >= 4 is 33.7 Å². The first-order valence-electron chi connectivity index (χ1n) is 20.9. The standard InChI is InChI=1S/C27H32N2O3.C22H24N2O2/c1-27(2,3)32-26(30)23-13-21(19-7-8-19)15-28-24(23)14-20-5-4-6-25-22(20)9-11-29(25)16-18-10-12-31-17-18;1-22(2,3)26-21(25)18-11-16(14-7-8-14)13-24-20(18)12-15-5-4-6-19-17(15)9-10-23-19/h4-6,9,11,13,15,18-19H,7-8,10,12,14,16-17H2,1-3H3;4-6,9-11,13-14,23H,7-8,12H2,1-3H3. The molecule has 2 aromatic carbocycles. The number of H-pyrrole nitrogens is 1. The van der Waals surface area contributed by atoms with Crippen LogP contribution in [0.15, 0.2) is 85.5 Å². The molecule has 1 unspecified atom stereocenters. The van der Waals surface area contributed by atoms with Gasteiger partial charge in [0.15, 0.2) is 0 Å². The first-order valence-corrected chi connectivity index (χ1v) is 20.9. The van der Waals surface area contributed by atoms with Crippen molar-refractivity contribution in [1.29, 1.82) is 0 Å². The molecule has 2 aliphatic carbocycles. The number of aromatic amines is 1. The molecule has 3 aliphatic rings. The predicted octanol–water partition coefficient (Wildman–Crippen LogP) is 10.5. The molecule has 4 aromatic heterocycles. The van der Waals surface area contributed by atoms with Gasteiger partial charge in [-0.05, 0) is 144 Å². The third-order valence-electron chi connectivity index (χ3n) is 11.1. The van der Waals surface area contributed by atoms with Crippen molar-refractivity contribution in [2.75, 3.05) is 13.2 Å². The van der Waals surface area contributed by atoms with Crippen molar-refractivity contribution < 1.29 is 23.8 Å². The van der Waals surface area contributed by atoms with Crippen molar-refractivity contribution in [3.63, 3.8) is 0 Å². The molecule has 0 bridgehead atoms. The lowest BCUT2D eigenvalue weighted by molar-refractivity contribution is 0.00551. The zero-order valence-electron chi connectivity index (χ0n) is 34.8. The van der Waals surface area contributed by atoms with Crippen LogP contribution in [0.3, 0.4) is 0 Å². The van der Waals surface area contributed by atoms with Crippen molar-refractivity contribution in [3.8, 4) is 0 Å². The number of hydrogen-bond acceptors (Lipinski definition) is 7. The van der Waals surface area contributed by atoms with Crippen LogP contribution in [0, 0.1) is 5.92 Å². The molecule has 0 radical (unpaired) electrons. The van der Waals surface area contributed by atoms with Crippen LogP contribution in [-0.2, 0) is 33.6 Å². The lowest BCUT2D eigenvalue weighted by Crippen LogP contribution is -2.25. The fourth-order valence-corrected chi connectivity index (χ4v) is 7.87. The number of carbonyl (C=O) groups excluding carboxylic acids is 2. The van der Waals surface area contributed by atoms with Crippen molar-refractivity contribution in [1.82, 2.24) is 19.5 Å². The van der Waals surface area contributed by atoms with Crippen molar-refractivity contribution in [3.05, 3.63) is 130 Å². The molecule has 2 saturated carbocycles. The monoisotopic (exact) mass is 780 g/mol. The Labute approximate surface area is 341 Å². The summed E-state index contributed by atoms with van der Waals surface area (Å²) in [4.78, 5) is 38.5. The Hall–Kier alpha value is -5.28. The number of ether oxygens (including phenoxy) is 3. The van der Waals surface area contributed by atoms with Crippen LogP contribution in [0.1, 0.15) is 140 Å². The fourth-order valence-electron chi connectivity index (χ4n) is 7.87. The molecular formula is C49H56N4O5. The van der Waals surface area contributed by atoms with Crippen LogP contribution in [0.2, 0.25) is 0 Å². The molecule has 1 N–H and O–H groups in total. The van der Waals surface area contributed by atoms with E-state index >= 15 is 0 Å². The summed E-state index contributed by atoms with van der Waals surface area (Å²) >= 11 is 0. The van der Waals surface area contributed by atoms with Crippen LogP contribution in [0.25, 0.3) is 21.8 Å². The molecule has 0 spiro atoms. The topological polar surface area (TPSA) is 108 Å². The highest BCUT2D eigenvalue weighted by Gasteiger charge is 2.29. The predicted molar refractivity (Wildman–Crippen MR) is 228 cm³/mol. The Bertz CT molecular complexity index is 2430. The van der Waals surface area contributed by atoms with Gasteiger partial charge in [0.1, 0.15) is 11.2 Å². The van der Waals surface area contributed by atoms with E-state index in [1.165, 1.54) is 42.1 Å². The van der Waals surface area contributed by atoms with Gasteiger partial charge in [0, 0.05) is 78.5 Å². The number of esters is 2. The maximum Gasteiger partial charge on any atom is 0.340 e. The molecule has 1 saturated heterocycles. The normalized spacial score (nSPS) is 17.0. The third-order valence-corrected chi connectivity index (χ3v) is 11.1. The molecule has 5 heterocycles. The van der Waals surface area contributed by atoms with Gasteiger partial charge in [-0.3, -0.25) is 9.97 Å². The lowest BCUT2D eigenvalue weighted by atomic mass is 10.00. The number of nitrogens with zero attached hydrogens (tertiary/aromatic N) is 3. The summed E-state index contributed by atoms with van der Waals surface area (Å²) in [5, 5.41) is 2.38. The smallest absolute Gasteiger partial charge is 0.340 e. The second-order valence-corrected chi connectivity index (χ2v) is 18.3. The average molecular weight is 781 g/mol. The van der Waals surface area contributed by atoms with Crippen LogP contribution >= 0.6 is 0 Å². The number of fused-ring (bicyclic) bond motifs is 2. The number of nitrogens with one attached hydrogen (secondary N) is 1. The van der Waals surface area contributed by atoms with Crippen LogP contribution in [-0.4, -0.2) is 55.9 Å². The van der Waals surface area contributed by atoms with E-state index in [-0.39, 0.29) is 11.9 Å². The molecule has 0 amide bonds.